The lowest BCUT2D eigenvalue weighted by Crippen LogP contribution is -2.30. The highest BCUT2D eigenvalue weighted by atomic mass is 32.1. The van der Waals surface area contributed by atoms with Gasteiger partial charge in [-0.1, -0.05) is 33.1 Å². The number of hydrogen-bond donors (Lipinski definition) is 2. The van der Waals surface area contributed by atoms with Crippen molar-refractivity contribution >= 4 is 17.2 Å². The summed E-state index contributed by atoms with van der Waals surface area (Å²) in [5.74, 6) is 5.52. The van der Waals surface area contributed by atoms with Crippen LogP contribution in [-0.4, -0.2) is 12.5 Å². The zero-order valence-corrected chi connectivity index (χ0v) is 12.6. The summed E-state index contributed by atoms with van der Waals surface area (Å²) >= 11 is 1.39. The molecule has 1 aromatic heterocycles. The van der Waals surface area contributed by atoms with Gasteiger partial charge in [-0.3, -0.25) is 10.2 Å². The van der Waals surface area contributed by atoms with Crippen LogP contribution in [0.4, 0.5) is 0 Å². The maximum atomic E-state index is 11.5. The van der Waals surface area contributed by atoms with E-state index in [0.717, 1.165) is 18.6 Å². The van der Waals surface area contributed by atoms with E-state index in [1.807, 2.05) is 11.4 Å². The summed E-state index contributed by atoms with van der Waals surface area (Å²) in [5.41, 5.74) is 3.08. The highest BCUT2D eigenvalue weighted by molar-refractivity contribution is 7.12. The SMILES string of the molecule is CCCCC(CC)COCc1ccsc1C(=O)NN. The van der Waals surface area contributed by atoms with Gasteiger partial charge in [0, 0.05) is 12.2 Å². The summed E-state index contributed by atoms with van der Waals surface area (Å²) < 4.78 is 5.75. The van der Waals surface area contributed by atoms with Crippen molar-refractivity contribution in [2.45, 2.75) is 46.1 Å². The third kappa shape index (κ3) is 5.30. The first-order chi connectivity index (χ1) is 9.22. The van der Waals surface area contributed by atoms with Crippen LogP contribution in [-0.2, 0) is 11.3 Å². The van der Waals surface area contributed by atoms with Gasteiger partial charge in [-0.2, -0.15) is 0 Å². The molecule has 19 heavy (non-hydrogen) atoms. The molecule has 0 aliphatic carbocycles. The molecule has 4 nitrogen and oxygen atoms in total. The normalized spacial score (nSPS) is 12.4. The fourth-order valence-corrected chi connectivity index (χ4v) is 2.76. The summed E-state index contributed by atoms with van der Waals surface area (Å²) in [6.07, 6.45) is 4.83. The van der Waals surface area contributed by atoms with E-state index in [9.17, 15) is 4.79 Å². The first kappa shape index (κ1) is 16.1. The van der Waals surface area contributed by atoms with Crippen molar-refractivity contribution in [3.63, 3.8) is 0 Å². The van der Waals surface area contributed by atoms with Crippen LogP contribution in [0, 0.1) is 5.92 Å². The molecule has 1 atom stereocenters. The average Bonchev–Trinajstić information content (AvgIpc) is 2.90. The van der Waals surface area contributed by atoms with E-state index in [-0.39, 0.29) is 5.91 Å². The standard InChI is InChI=1S/C14H24N2O2S/c1-3-5-6-11(4-2)9-18-10-12-7-8-19-13(12)14(17)16-15/h7-8,11H,3-6,9-10,15H2,1-2H3,(H,16,17). The Bertz CT molecular complexity index is 379. The number of carbonyl (C=O) groups excluding carboxylic acids is 1. The second-order valence-electron chi connectivity index (χ2n) is 4.68. The molecule has 0 fully saturated rings. The van der Waals surface area contributed by atoms with Gasteiger partial charge in [0.2, 0.25) is 0 Å². The Balaban J connectivity index is 2.40. The number of unbranched alkanes of at least 4 members (excludes halogenated alkanes) is 1. The Morgan fingerprint density at radius 2 is 2.32 bits per heavy atom. The molecular formula is C14H24N2O2S. The number of rotatable bonds is 9. The van der Waals surface area contributed by atoms with Crippen molar-refractivity contribution in [2.24, 2.45) is 11.8 Å². The van der Waals surface area contributed by atoms with Crippen molar-refractivity contribution < 1.29 is 9.53 Å². The first-order valence-corrected chi connectivity index (χ1v) is 7.75. The van der Waals surface area contributed by atoms with Gasteiger partial charge >= 0.3 is 0 Å². The Morgan fingerprint density at radius 3 is 2.95 bits per heavy atom. The first-order valence-electron chi connectivity index (χ1n) is 6.87. The second-order valence-corrected chi connectivity index (χ2v) is 5.60. The smallest absolute Gasteiger partial charge is 0.275 e. The molecule has 108 valence electrons. The van der Waals surface area contributed by atoms with E-state index in [1.165, 1.54) is 30.6 Å². The summed E-state index contributed by atoms with van der Waals surface area (Å²) in [4.78, 5) is 12.2. The molecule has 0 saturated carbocycles. The number of nitrogens with two attached hydrogens (primary N) is 1. The Kier molecular flexibility index (Phi) is 7.70. The fraction of sp³-hybridized carbons (Fsp3) is 0.643. The maximum Gasteiger partial charge on any atom is 0.275 e. The number of hydrazine groups is 1. The molecule has 0 aromatic carbocycles. The van der Waals surface area contributed by atoms with Gasteiger partial charge in [-0.15, -0.1) is 11.3 Å². The molecule has 1 aromatic rings. The molecule has 1 rings (SSSR count). The summed E-state index contributed by atoms with van der Waals surface area (Å²) in [5, 5.41) is 1.89. The molecule has 0 saturated heterocycles. The van der Waals surface area contributed by atoms with Gasteiger partial charge < -0.3 is 4.74 Å². The minimum absolute atomic E-state index is 0.244. The number of nitrogen functional groups attached to an aromatic ring is 1. The monoisotopic (exact) mass is 284 g/mol. The van der Waals surface area contributed by atoms with Crippen molar-refractivity contribution in [1.82, 2.24) is 5.43 Å². The molecule has 0 aliphatic heterocycles. The van der Waals surface area contributed by atoms with E-state index >= 15 is 0 Å². The molecular weight excluding hydrogens is 260 g/mol. The van der Waals surface area contributed by atoms with Crippen molar-refractivity contribution in [2.75, 3.05) is 6.61 Å². The number of amides is 1. The lowest BCUT2D eigenvalue weighted by molar-refractivity contribution is 0.0804. The van der Waals surface area contributed by atoms with E-state index in [0.29, 0.717) is 17.4 Å². The van der Waals surface area contributed by atoms with Crippen LogP contribution < -0.4 is 11.3 Å². The van der Waals surface area contributed by atoms with Crippen LogP contribution in [0.5, 0.6) is 0 Å². The van der Waals surface area contributed by atoms with Gasteiger partial charge in [0.1, 0.15) is 0 Å². The third-order valence-electron chi connectivity index (χ3n) is 3.24. The molecule has 1 unspecified atom stereocenters. The number of nitrogens with one attached hydrogen (secondary N) is 1. The Labute approximate surface area is 119 Å². The van der Waals surface area contributed by atoms with Crippen LogP contribution in [0.3, 0.4) is 0 Å². The zero-order valence-electron chi connectivity index (χ0n) is 11.8. The highest BCUT2D eigenvalue weighted by Gasteiger charge is 2.13. The van der Waals surface area contributed by atoms with Crippen LogP contribution in [0.25, 0.3) is 0 Å². The van der Waals surface area contributed by atoms with Gasteiger partial charge in [-0.25, -0.2) is 5.84 Å². The summed E-state index contributed by atoms with van der Waals surface area (Å²) in [7, 11) is 0. The largest absolute Gasteiger partial charge is 0.376 e. The third-order valence-corrected chi connectivity index (χ3v) is 4.19. The van der Waals surface area contributed by atoms with Crippen LogP contribution in [0.1, 0.15) is 54.8 Å². The topological polar surface area (TPSA) is 64.3 Å². The highest BCUT2D eigenvalue weighted by Crippen LogP contribution is 2.19. The zero-order chi connectivity index (χ0) is 14.1. The van der Waals surface area contributed by atoms with E-state index < -0.39 is 0 Å². The van der Waals surface area contributed by atoms with Gasteiger partial charge in [0.25, 0.3) is 5.91 Å². The van der Waals surface area contributed by atoms with Gasteiger partial charge in [-0.05, 0) is 23.8 Å². The van der Waals surface area contributed by atoms with Crippen molar-refractivity contribution in [1.29, 1.82) is 0 Å². The molecule has 0 radical (unpaired) electrons. The number of thiophene rings is 1. The lowest BCUT2D eigenvalue weighted by Gasteiger charge is -2.14. The molecule has 3 N–H and O–H groups in total. The quantitative estimate of drug-likeness (QED) is 0.416. The minimum atomic E-state index is -0.244. The van der Waals surface area contributed by atoms with Crippen LogP contribution >= 0.6 is 11.3 Å². The molecule has 0 bridgehead atoms. The Hall–Kier alpha value is -0.910. The summed E-state index contributed by atoms with van der Waals surface area (Å²) in [6, 6.07) is 1.92. The molecule has 0 spiro atoms. The Morgan fingerprint density at radius 1 is 1.53 bits per heavy atom. The summed E-state index contributed by atoms with van der Waals surface area (Å²) in [6.45, 7) is 5.64. The number of carbonyl (C=O) groups is 1. The predicted molar refractivity (Wildman–Crippen MR) is 78.9 cm³/mol. The van der Waals surface area contributed by atoms with Crippen molar-refractivity contribution in [3.05, 3.63) is 21.9 Å². The number of hydrogen-bond acceptors (Lipinski definition) is 4. The minimum Gasteiger partial charge on any atom is -0.376 e. The molecule has 1 heterocycles. The second kappa shape index (κ2) is 9.07. The van der Waals surface area contributed by atoms with E-state index in [2.05, 4.69) is 19.3 Å². The van der Waals surface area contributed by atoms with Gasteiger partial charge in [0.15, 0.2) is 0 Å². The molecule has 5 heteroatoms. The van der Waals surface area contributed by atoms with E-state index in [1.54, 1.807) is 0 Å². The maximum absolute atomic E-state index is 11.5. The lowest BCUT2D eigenvalue weighted by atomic mass is 10.0. The predicted octanol–water partition coefficient (Wildman–Crippen LogP) is 3.08. The average molecular weight is 284 g/mol. The van der Waals surface area contributed by atoms with Crippen LogP contribution in [0.2, 0.25) is 0 Å². The molecule has 0 aliphatic rings. The number of ether oxygens (including phenoxy) is 1. The van der Waals surface area contributed by atoms with Gasteiger partial charge in [0.05, 0.1) is 11.5 Å². The van der Waals surface area contributed by atoms with Crippen LogP contribution in [0.15, 0.2) is 11.4 Å². The molecule has 1 amide bonds. The van der Waals surface area contributed by atoms with Crippen molar-refractivity contribution in [3.8, 4) is 0 Å². The fourth-order valence-electron chi connectivity index (χ4n) is 1.95. The van der Waals surface area contributed by atoms with E-state index in [4.69, 9.17) is 10.6 Å².